The summed E-state index contributed by atoms with van der Waals surface area (Å²) in [5.74, 6) is 0.559. The van der Waals surface area contributed by atoms with Crippen molar-refractivity contribution < 1.29 is 19.4 Å². The van der Waals surface area contributed by atoms with Gasteiger partial charge in [-0.2, -0.15) is 9.61 Å². The molecule has 1 aliphatic heterocycles. The summed E-state index contributed by atoms with van der Waals surface area (Å²) >= 11 is 0. The highest BCUT2D eigenvalue weighted by Gasteiger charge is 2.29. The lowest BCUT2D eigenvalue weighted by Gasteiger charge is -2.29. The van der Waals surface area contributed by atoms with Gasteiger partial charge in [-0.25, -0.2) is 4.98 Å². The number of aromatic nitrogens is 4. The van der Waals surface area contributed by atoms with E-state index in [4.69, 9.17) is 9.47 Å². The number of rotatable bonds is 7. The molecule has 4 N–H and O–H groups in total. The lowest BCUT2D eigenvalue weighted by Crippen LogP contribution is -2.42. The Bertz CT molecular complexity index is 1300. The molecule has 1 saturated carbocycles. The number of fused-ring (bicyclic) bond motifs is 1. The molecule has 3 aromatic heterocycles. The molecule has 12 heteroatoms. The first-order valence-corrected chi connectivity index (χ1v) is 12.1. The van der Waals surface area contributed by atoms with Gasteiger partial charge in [-0.15, -0.1) is 0 Å². The van der Waals surface area contributed by atoms with Gasteiger partial charge < -0.3 is 35.1 Å². The summed E-state index contributed by atoms with van der Waals surface area (Å²) in [5, 5.41) is 23.2. The second kappa shape index (κ2) is 10.2. The van der Waals surface area contributed by atoms with E-state index in [1.807, 2.05) is 12.3 Å². The van der Waals surface area contributed by atoms with E-state index in [2.05, 4.69) is 26.0 Å². The van der Waals surface area contributed by atoms with Gasteiger partial charge in [-0.05, 0) is 37.8 Å². The van der Waals surface area contributed by atoms with Crippen molar-refractivity contribution in [2.45, 2.75) is 50.0 Å². The first-order chi connectivity index (χ1) is 17.5. The Hall–Kier alpha value is -3.48. The van der Waals surface area contributed by atoms with Crippen molar-refractivity contribution in [3.63, 3.8) is 0 Å². The minimum absolute atomic E-state index is 0.119. The van der Waals surface area contributed by atoms with Crippen molar-refractivity contribution in [3.05, 3.63) is 46.5 Å². The van der Waals surface area contributed by atoms with E-state index in [1.54, 1.807) is 30.9 Å². The summed E-state index contributed by atoms with van der Waals surface area (Å²) in [4.78, 5) is 30.8. The third kappa shape index (κ3) is 4.66. The summed E-state index contributed by atoms with van der Waals surface area (Å²) in [6, 6.07) is 4.90. The topological polar surface area (TPSA) is 144 Å². The van der Waals surface area contributed by atoms with Crippen molar-refractivity contribution in [2.75, 3.05) is 38.0 Å². The van der Waals surface area contributed by atoms with Gasteiger partial charge in [0.25, 0.3) is 11.5 Å². The van der Waals surface area contributed by atoms with E-state index in [0.717, 1.165) is 25.7 Å². The fourth-order valence-electron chi connectivity index (χ4n) is 4.88. The van der Waals surface area contributed by atoms with Crippen LogP contribution in [0.2, 0.25) is 0 Å². The Morgan fingerprint density at radius 2 is 2.06 bits per heavy atom. The smallest absolute Gasteiger partial charge is 0.274 e. The number of nitrogens with one attached hydrogen (secondary N) is 3. The zero-order chi connectivity index (χ0) is 25.2. The van der Waals surface area contributed by atoms with Crippen LogP contribution < -0.4 is 21.5 Å². The van der Waals surface area contributed by atoms with Gasteiger partial charge in [0.15, 0.2) is 5.65 Å². The van der Waals surface area contributed by atoms with E-state index in [-0.39, 0.29) is 36.5 Å². The highest BCUT2D eigenvalue weighted by atomic mass is 16.5. The van der Waals surface area contributed by atoms with E-state index in [1.165, 1.54) is 10.7 Å². The molecule has 1 unspecified atom stereocenters. The Kier molecular flexibility index (Phi) is 6.90. The molecule has 3 aromatic rings. The number of methoxy groups -OCH3 is 1. The Morgan fingerprint density at radius 3 is 2.75 bits per heavy atom. The normalized spacial score (nSPS) is 24.1. The first kappa shape index (κ1) is 24.2. The zero-order valence-corrected chi connectivity index (χ0v) is 20.3. The number of aliphatic hydroxyl groups is 1. The standard InChI is InChI=1S/C24H31N7O5/c1-25-21-10-20(27-17-4-3-9-30(24(17)34)14-5-7-15(35-2)8-6-14)29-22-16(11-26-31(21)22)23(33)28-18-12-36-13-19(18)32/h3-4,9-11,14-15,18-19,25,32H,5-8,12-13H2,1-2H3,(H,27,29)(H,28,33)/t14-,15-,18?,19-/m0/s1. The maximum absolute atomic E-state index is 13.3. The van der Waals surface area contributed by atoms with Crippen LogP contribution in [0.3, 0.4) is 0 Å². The van der Waals surface area contributed by atoms with Crippen LogP contribution in [0, 0.1) is 0 Å². The molecule has 12 nitrogen and oxygen atoms in total. The number of nitrogens with zero attached hydrogens (tertiary/aromatic N) is 4. The number of carbonyl (C=O) groups is 1. The van der Waals surface area contributed by atoms with Crippen LogP contribution in [-0.2, 0) is 9.47 Å². The maximum atomic E-state index is 13.3. The molecular formula is C24H31N7O5. The maximum Gasteiger partial charge on any atom is 0.274 e. The fourth-order valence-corrected chi connectivity index (χ4v) is 4.88. The number of aliphatic hydroxyl groups excluding tert-OH is 1. The Balaban J connectivity index is 1.42. The first-order valence-electron chi connectivity index (χ1n) is 12.1. The second-order valence-electron chi connectivity index (χ2n) is 9.18. The number of carbonyl (C=O) groups excluding carboxylic acids is 1. The summed E-state index contributed by atoms with van der Waals surface area (Å²) in [6.45, 7) is 0.417. The predicted octanol–water partition coefficient (Wildman–Crippen LogP) is 1.30. The molecule has 0 spiro atoms. The number of anilines is 3. The minimum atomic E-state index is -0.765. The van der Waals surface area contributed by atoms with Crippen molar-refractivity contribution in [1.29, 1.82) is 0 Å². The van der Waals surface area contributed by atoms with Crippen molar-refractivity contribution in [3.8, 4) is 0 Å². The van der Waals surface area contributed by atoms with Crippen LogP contribution in [0.25, 0.3) is 5.65 Å². The number of amides is 1. The van der Waals surface area contributed by atoms with Crippen LogP contribution in [-0.4, -0.2) is 75.8 Å². The monoisotopic (exact) mass is 497 g/mol. The van der Waals surface area contributed by atoms with E-state index in [9.17, 15) is 14.7 Å². The summed E-state index contributed by atoms with van der Waals surface area (Å²) in [7, 11) is 3.46. The molecule has 2 fully saturated rings. The molecule has 1 saturated heterocycles. The summed E-state index contributed by atoms with van der Waals surface area (Å²) in [6.07, 6.45) is 6.34. The third-order valence-corrected chi connectivity index (χ3v) is 6.95. The molecule has 0 aromatic carbocycles. The largest absolute Gasteiger partial charge is 0.388 e. The summed E-state index contributed by atoms with van der Waals surface area (Å²) in [5.41, 5.74) is 0.814. The molecule has 1 aliphatic carbocycles. The SMILES string of the molecule is CNc1cc(Nc2cccn([C@H]3CC[C@H](OC)CC3)c2=O)nc2c(C(=O)NC3COC[C@@H]3O)cnn12. The lowest BCUT2D eigenvalue weighted by atomic mass is 9.92. The molecule has 5 rings (SSSR count). The molecule has 192 valence electrons. The van der Waals surface area contributed by atoms with Crippen LogP contribution in [0.15, 0.2) is 35.4 Å². The molecule has 1 amide bonds. The van der Waals surface area contributed by atoms with Gasteiger partial charge in [0, 0.05) is 32.5 Å². The van der Waals surface area contributed by atoms with Crippen LogP contribution in [0.4, 0.5) is 17.3 Å². The van der Waals surface area contributed by atoms with E-state index in [0.29, 0.717) is 23.0 Å². The lowest BCUT2D eigenvalue weighted by molar-refractivity contribution is 0.0580. The minimum Gasteiger partial charge on any atom is -0.388 e. The van der Waals surface area contributed by atoms with Crippen molar-refractivity contribution in [2.24, 2.45) is 0 Å². The number of hydrogen-bond acceptors (Lipinski definition) is 9. The molecule has 4 heterocycles. The number of pyridine rings is 1. The second-order valence-corrected chi connectivity index (χ2v) is 9.18. The van der Waals surface area contributed by atoms with Crippen LogP contribution in [0.5, 0.6) is 0 Å². The molecule has 0 bridgehead atoms. The highest BCUT2D eigenvalue weighted by molar-refractivity contribution is 6.00. The van der Waals surface area contributed by atoms with Crippen LogP contribution >= 0.6 is 0 Å². The quantitative estimate of drug-likeness (QED) is 0.380. The van der Waals surface area contributed by atoms with Gasteiger partial charge in [0.2, 0.25) is 0 Å². The highest BCUT2D eigenvalue weighted by Crippen LogP contribution is 2.29. The molecule has 0 radical (unpaired) electrons. The van der Waals surface area contributed by atoms with Gasteiger partial charge in [-0.1, -0.05) is 0 Å². The van der Waals surface area contributed by atoms with E-state index >= 15 is 0 Å². The van der Waals surface area contributed by atoms with Crippen molar-refractivity contribution in [1.82, 2.24) is 24.5 Å². The van der Waals surface area contributed by atoms with Gasteiger partial charge in [0.05, 0.1) is 37.7 Å². The van der Waals surface area contributed by atoms with Gasteiger partial charge in [0.1, 0.15) is 22.9 Å². The fraction of sp³-hybridized carbons (Fsp3) is 0.500. The predicted molar refractivity (Wildman–Crippen MR) is 133 cm³/mol. The average molecular weight is 498 g/mol. The van der Waals surface area contributed by atoms with E-state index < -0.39 is 18.1 Å². The third-order valence-electron chi connectivity index (χ3n) is 6.95. The molecular weight excluding hydrogens is 466 g/mol. The van der Waals surface area contributed by atoms with Crippen molar-refractivity contribution >= 4 is 28.9 Å². The molecule has 36 heavy (non-hydrogen) atoms. The molecule has 2 atom stereocenters. The molecule has 2 aliphatic rings. The van der Waals surface area contributed by atoms with Crippen LogP contribution in [0.1, 0.15) is 42.1 Å². The average Bonchev–Trinajstić information content (AvgIpc) is 3.51. The Morgan fingerprint density at radius 1 is 1.25 bits per heavy atom. The van der Waals surface area contributed by atoms with Gasteiger partial charge in [-0.3, -0.25) is 9.59 Å². The van der Waals surface area contributed by atoms with Gasteiger partial charge >= 0.3 is 0 Å². The number of hydrogen-bond donors (Lipinski definition) is 4. The Labute approximate surface area is 207 Å². The summed E-state index contributed by atoms with van der Waals surface area (Å²) < 4.78 is 14.0. The zero-order valence-electron chi connectivity index (χ0n) is 20.3. The number of ether oxygens (including phenoxy) is 2.